The van der Waals surface area contributed by atoms with E-state index in [1.807, 2.05) is 0 Å². The number of fused-ring (bicyclic) bond motifs is 2. The molecular weight excluding hydrogens is 356 g/mol. The van der Waals surface area contributed by atoms with Crippen LogP contribution < -0.4 is 4.74 Å². The summed E-state index contributed by atoms with van der Waals surface area (Å²) in [5, 5.41) is 20.2. The molecule has 0 aliphatic carbocycles. The van der Waals surface area contributed by atoms with Crippen molar-refractivity contribution in [3.8, 4) is 23.0 Å². The Labute approximate surface area is 168 Å². The Hall–Kier alpha value is -2.30. The Kier molecular flexibility index (Phi) is 8.55. The van der Waals surface area contributed by atoms with Crippen LogP contribution in [0.3, 0.4) is 0 Å². The van der Waals surface area contributed by atoms with Gasteiger partial charge in [-0.25, -0.2) is 0 Å². The number of unbranched alkanes of at least 4 members (excludes halogenated alkanes) is 8. The molecule has 1 aromatic rings. The molecule has 0 spiro atoms. The zero-order chi connectivity index (χ0) is 20.5. The second-order valence-corrected chi connectivity index (χ2v) is 7.30. The molecule has 28 heavy (non-hydrogen) atoms. The summed E-state index contributed by atoms with van der Waals surface area (Å²) in [6, 6.07) is 1.37. The van der Waals surface area contributed by atoms with Crippen LogP contribution in [0.15, 0.2) is 24.0 Å². The third kappa shape index (κ3) is 5.15. The monoisotopic (exact) mass is 390 g/mol. The van der Waals surface area contributed by atoms with Gasteiger partial charge in [-0.15, -0.1) is 0 Å². The van der Waals surface area contributed by atoms with Gasteiger partial charge in [0, 0.05) is 6.07 Å². The van der Waals surface area contributed by atoms with Crippen LogP contribution in [-0.4, -0.2) is 24.4 Å². The summed E-state index contributed by atoms with van der Waals surface area (Å²) in [6.45, 7) is 6.38. The second kappa shape index (κ2) is 10.9. The summed E-state index contributed by atoms with van der Waals surface area (Å²) < 4.78 is 16.4. The fourth-order valence-electron chi connectivity index (χ4n) is 3.54. The van der Waals surface area contributed by atoms with Crippen molar-refractivity contribution < 1.29 is 24.4 Å². The first-order chi connectivity index (χ1) is 13.5. The zero-order valence-corrected chi connectivity index (χ0v) is 17.5. The van der Waals surface area contributed by atoms with Crippen molar-refractivity contribution in [1.29, 1.82) is 0 Å². The molecular formula is C23H34O5. The van der Waals surface area contributed by atoms with E-state index in [1.165, 1.54) is 58.1 Å². The fourth-order valence-corrected chi connectivity index (χ4v) is 3.54. The molecule has 156 valence electrons. The Morgan fingerprint density at radius 1 is 0.964 bits per heavy atom. The lowest BCUT2D eigenvalue weighted by Gasteiger charge is -2.25. The normalized spacial score (nSPS) is 12.7. The standard InChI is InChI=1S/C23H34O5/c1-5-6-7-8-9-10-11-12-13-14-16(2)21(26-3)23(27-4)19-17(24)15-18-20(25)22(19)28-18/h15,24-25H,2,5-14H2,1,3-4H3/b23-21+. The maximum absolute atomic E-state index is 10.2. The molecule has 2 heterocycles. The fraction of sp³-hybridized carbons (Fsp3) is 0.565. The molecule has 1 aromatic carbocycles. The van der Waals surface area contributed by atoms with Crippen LogP contribution in [0.25, 0.3) is 5.76 Å². The third-order valence-electron chi connectivity index (χ3n) is 5.16. The van der Waals surface area contributed by atoms with Gasteiger partial charge in [-0.1, -0.05) is 64.9 Å². The highest BCUT2D eigenvalue weighted by Gasteiger charge is 2.33. The number of phenols is 2. The number of ether oxygens (including phenoxy) is 3. The van der Waals surface area contributed by atoms with E-state index in [0.29, 0.717) is 17.1 Å². The number of hydrogen-bond acceptors (Lipinski definition) is 5. The van der Waals surface area contributed by atoms with E-state index in [1.54, 1.807) is 7.11 Å². The molecule has 0 saturated heterocycles. The van der Waals surface area contributed by atoms with Gasteiger partial charge < -0.3 is 24.4 Å². The Morgan fingerprint density at radius 3 is 2.11 bits per heavy atom. The molecule has 0 aromatic heterocycles. The number of benzene rings is 1. The summed E-state index contributed by atoms with van der Waals surface area (Å²) in [6.07, 6.45) is 12.1. The van der Waals surface area contributed by atoms with Gasteiger partial charge >= 0.3 is 0 Å². The van der Waals surface area contributed by atoms with Crippen molar-refractivity contribution in [3.05, 3.63) is 29.5 Å². The average molecular weight is 391 g/mol. The molecule has 5 nitrogen and oxygen atoms in total. The molecule has 2 aliphatic rings. The van der Waals surface area contributed by atoms with Crippen LogP contribution >= 0.6 is 0 Å². The summed E-state index contributed by atoms with van der Waals surface area (Å²) in [5.41, 5.74) is 1.09. The lowest BCUT2D eigenvalue weighted by atomic mass is 10.00. The number of allylic oxidation sites excluding steroid dienone is 1. The maximum Gasteiger partial charge on any atom is 0.203 e. The molecule has 0 fully saturated rings. The van der Waals surface area contributed by atoms with E-state index >= 15 is 0 Å². The summed E-state index contributed by atoms with van der Waals surface area (Å²) in [4.78, 5) is 0. The van der Waals surface area contributed by atoms with E-state index < -0.39 is 0 Å². The number of methoxy groups -OCH3 is 2. The smallest absolute Gasteiger partial charge is 0.203 e. The Morgan fingerprint density at radius 2 is 1.57 bits per heavy atom. The number of phenolic OH excluding ortho intramolecular Hbond substituents is 2. The molecule has 0 atom stereocenters. The Bertz CT molecular complexity index is 705. The molecule has 2 bridgehead atoms. The van der Waals surface area contributed by atoms with E-state index in [4.69, 9.17) is 14.2 Å². The predicted octanol–water partition coefficient (Wildman–Crippen LogP) is 6.64. The van der Waals surface area contributed by atoms with Gasteiger partial charge in [-0.05, 0) is 18.4 Å². The van der Waals surface area contributed by atoms with Crippen molar-refractivity contribution in [1.82, 2.24) is 0 Å². The van der Waals surface area contributed by atoms with Crippen molar-refractivity contribution in [2.45, 2.75) is 71.1 Å². The minimum absolute atomic E-state index is 0.0161. The van der Waals surface area contributed by atoms with E-state index in [9.17, 15) is 10.2 Å². The van der Waals surface area contributed by atoms with Gasteiger partial charge in [0.15, 0.2) is 23.0 Å². The molecule has 0 unspecified atom stereocenters. The Balaban J connectivity index is 1.91. The predicted molar refractivity (Wildman–Crippen MR) is 112 cm³/mol. The lowest BCUT2D eigenvalue weighted by Crippen LogP contribution is -2.06. The molecule has 3 rings (SSSR count). The van der Waals surface area contributed by atoms with Gasteiger partial charge in [0.1, 0.15) is 11.3 Å². The van der Waals surface area contributed by atoms with E-state index in [2.05, 4.69) is 13.5 Å². The number of rotatable bonds is 14. The highest BCUT2D eigenvalue weighted by Crippen LogP contribution is 2.57. The van der Waals surface area contributed by atoms with Gasteiger partial charge in [-0.2, -0.15) is 0 Å². The van der Waals surface area contributed by atoms with Gasteiger partial charge in [0.25, 0.3) is 0 Å². The van der Waals surface area contributed by atoms with Crippen molar-refractivity contribution in [2.75, 3.05) is 14.2 Å². The topological polar surface area (TPSA) is 68.2 Å². The van der Waals surface area contributed by atoms with Gasteiger partial charge in [0.05, 0.1) is 14.2 Å². The molecule has 0 radical (unpaired) electrons. The highest BCUT2D eigenvalue weighted by atomic mass is 16.5. The second-order valence-electron chi connectivity index (χ2n) is 7.30. The first kappa shape index (κ1) is 22.0. The molecule has 2 N–H and O–H groups in total. The van der Waals surface area contributed by atoms with Gasteiger partial charge in [0.2, 0.25) is 5.75 Å². The van der Waals surface area contributed by atoms with Crippen LogP contribution in [0.5, 0.6) is 23.0 Å². The molecule has 0 saturated carbocycles. The maximum atomic E-state index is 10.2. The minimum Gasteiger partial charge on any atom is -0.507 e. The summed E-state index contributed by atoms with van der Waals surface area (Å²) in [5.74, 6) is 1.25. The SMILES string of the molecule is C=C(CCCCCCCCCCC)/C(OC)=C(\OC)c1c(O)cc2c(O)c1O2. The van der Waals surface area contributed by atoms with Gasteiger partial charge in [-0.3, -0.25) is 0 Å². The highest BCUT2D eigenvalue weighted by molar-refractivity contribution is 5.82. The zero-order valence-electron chi connectivity index (χ0n) is 17.5. The van der Waals surface area contributed by atoms with E-state index in [0.717, 1.165) is 24.8 Å². The van der Waals surface area contributed by atoms with Crippen molar-refractivity contribution >= 4 is 5.76 Å². The van der Waals surface area contributed by atoms with Crippen LogP contribution in [0.2, 0.25) is 0 Å². The van der Waals surface area contributed by atoms with Crippen LogP contribution in [-0.2, 0) is 9.47 Å². The first-order valence-corrected chi connectivity index (χ1v) is 10.3. The average Bonchev–Trinajstić information content (AvgIpc) is 2.70. The molecule has 5 heteroatoms. The first-order valence-electron chi connectivity index (χ1n) is 10.3. The quantitative estimate of drug-likeness (QED) is 0.164. The summed E-state index contributed by atoms with van der Waals surface area (Å²) >= 11 is 0. The van der Waals surface area contributed by atoms with Crippen LogP contribution in [0.1, 0.15) is 76.7 Å². The largest absolute Gasteiger partial charge is 0.507 e. The molecule has 2 aliphatic heterocycles. The number of hydrogen-bond donors (Lipinski definition) is 2. The van der Waals surface area contributed by atoms with Crippen LogP contribution in [0, 0.1) is 0 Å². The van der Waals surface area contributed by atoms with Crippen molar-refractivity contribution in [2.24, 2.45) is 0 Å². The number of aromatic hydroxyl groups is 2. The van der Waals surface area contributed by atoms with Crippen LogP contribution in [0.4, 0.5) is 0 Å². The van der Waals surface area contributed by atoms with Crippen molar-refractivity contribution in [3.63, 3.8) is 0 Å². The molecule has 0 amide bonds. The summed E-state index contributed by atoms with van der Waals surface area (Å²) in [7, 11) is 3.05. The lowest BCUT2D eigenvalue weighted by molar-refractivity contribution is 0.267. The minimum atomic E-state index is -0.0173. The third-order valence-corrected chi connectivity index (χ3v) is 5.16. The van der Waals surface area contributed by atoms with E-state index in [-0.39, 0.29) is 23.0 Å².